The molecule has 1 fully saturated rings. The van der Waals surface area contributed by atoms with Crippen molar-refractivity contribution < 1.29 is 9.13 Å². The van der Waals surface area contributed by atoms with E-state index in [1.807, 2.05) is 6.07 Å². The number of rotatable bonds is 6. The second-order valence-corrected chi connectivity index (χ2v) is 6.30. The van der Waals surface area contributed by atoms with E-state index in [2.05, 4.69) is 28.2 Å². The molecule has 1 N–H and O–H groups in total. The van der Waals surface area contributed by atoms with Gasteiger partial charge in [0.1, 0.15) is 5.82 Å². The highest BCUT2D eigenvalue weighted by Gasteiger charge is 2.41. The van der Waals surface area contributed by atoms with Gasteiger partial charge < -0.3 is 10.1 Å². The van der Waals surface area contributed by atoms with Crippen LogP contribution >= 0.6 is 15.9 Å². The molecule has 20 heavy (non-hydrogen) atoms. The molecular formula is C16H23BrFNO. The topological polar surface area (TPSA) is 21.3 Å². The maximum atomic E-state index is 13.7. The predicted molar refractivity (Wildman–Crippen MR) is 83.5 cm³/mol. The standard InChI is InChI=1S/C16H23BrFNO/c1-3-19-14(16(20-2)9-4-5-10-16)11-12-7-6-8-13(18)15(12)17/h6-8,14,19H,3-5,9-11H2,1-2H3. The maximum Gasteiger partial charge on any atom is 0.137 e. The third-order valence-corrected chi connectivity index (χ3v) is 5.29. The first kappa shape index (κ1) is 15.9. The summed E-state index contributed by atoms with van der Waals surface area (Å²) < 4.78 is 20.1. The molecule has 1 aromatic carbocycles. The lowest BCUT2D eigenvalue weighted by molar-refractivity contribution is -0.0351. The molecule has 2 rings (SSSR count). The predicted octanol–water partition coefficient (Wildman–Crippen LogP) is 4.07. The van der Waals surface area contributed by atoms with Crippen molar-refractivity contribution in [2.45, 2.75) is 50.7 Å². The van der Waals surface area contributed by atoms with Crippen LogP contribution in [0.5, 0.6) is 0 Å². The fourth-order valence-electron chi connectivity index (χ4n) is 3.28. The number of ether oxygens (including phenoxy) is 1. The molecule has 1 aliphatic carbocycles. The normalized spacial score (nSPS) is 19.2. The average Bonchev–Trinajstić information content (AvgIpc) is 2.93. The summed E-state index contributed by atoms with van der Waals surface area (Å²) >= 11 is 3.36. The zero-order chi connectivity index (χ0) is 14.6. The molecule has 1 saturated carbocycles. The molecule has 0 spiro atoms. The highest BCUT2D eigenvalue weighted by Crippen LogP contribution is 2.37. The van der Waals surface area contributed by atoms with Crippen LogP contribution < -0.4 is 5.32 Å². The van der Waals surface area contributed by atoms with E-state index in [0.29, 0.717) is 4.47 Å². The minimum Gasteiger partial charge on any atom is -0.377 e. The second kappa shape index (κ2) is 7.01. The van der Waals surface area contributed by atoms with Crippen LogP contribution in [0.3, 0.4) is 0 Å². The summed E-state index contributed by atoms with van der Waals surface area (Å²) in [6.45, 7) is 2.99. The SMILES string of the molecule is CCNC(Cc1cccc(F)c1Br)C1(OC)CCCC1. The number of methoxy groups -OCH3 is 1. The van der Waals surface area contributed by atoms with Crippen LogP contribution in [-0.4, -0.2) is 25.3 Å². The number of likely N-dealkylation sites (N-methyl/N-ethyl adjacent to an activating group) is 1. The Morgan fingerprint density at radius 3 is 2.70 bits per heavy atom. The highest BCUT2D eigenvalue weighted by molar-refractivity contribution is 9.10. The summed E-state index contributed by atoms with van der Waals surface area (Å²) in [6, 6.07) is 5.46. The van der Waals surface area contributed by atoms with Crippen LogP contribution in [0.15, 0.2) is 22.7 Å². The van der Waals surface area contributed by atoms with Crippen molar-refractivity contribution in [3.8, 4) is 0 Å². The zero-order valence-electron chi connectivity index (χ0n) is 12.2. The van der Waals surface area contributed by atoms with Gasteiger partial charge in [0, 0.05) is 13.2 Å². The van der Waals surface area contributed by atoms with Gasteiger partial charge in [-0.25, -0.2) is 4.39 Å². The Morgan fingerprint density at radius 1 is 1.40 bits per heavy atom. The number of hydrogen-bond acceptors (Lipinski definition) is 2. The molecule has 1 atom stereocenters. The Morgan fingerprint density at radius 2 is 2.10 bits per heavy atom. The van der Waals surface area contributed by atoms with E-state index in [9.17, 15) is 4.39 Å². The van der Waals surface area contributed by atoms with Crippen LogP contribution in [0, 0.1) is 5.82 Å². The van der Waals surface area contributed by atoms with E-state index in [4.69, 9.17) is 4.74 Å². The largest absolute Gasteiger partial charge is 0.377 e. The monoisotopic (exact) mass is 343 g/mol. The molecule has 1 unspecified atom stereocenters. The Balaban J connectivity index is 2.23. The third-order valence-electron chi connectivity index (χ3n) is 4.40. The van der Waals surface area contributed by atoms with Crippen molar-refractivity contribution in [3.63, 3.8) is 0 Å². The van der Waals surface area contributed by atoms with Gasteiger partial charge in [0.15, 0.2) is 0 Å². The summed E-state index contributed by atoms with van der Waals surface area (Å²) in [6.07, 6.45) is 5.35. The Bertz CT molecular complexity index is 446. The summed E-state index contributed by atoms with van der Waals surface area (Å²) in [4.78, 5) is 0. The molecule has 1 aromatic rings. The number of benzene rings is 1. The molecule has 0 amide bonds. The second-order valence-electron chi connectivity index (χ2n) is 5.50. The molecule has 0 aliphatic heterocycles. The van der Waals surface area contributed by atoms with Gasteiger partial charge in [-0.15, -0.1) is 0 Å². The van der Waals surface area contributed by atoms with Crippen molar-refractivity contribution >= 4 is 15.9 Å². The molecule has 0 radical (unpaired) electrons. The van der Waals surface area contributed by atoms with E-state index in [1.165, 1.54) is 18.9 Å². The minimum atomic E-state index is -0.198. The van der Waals surface area contributed by atoms with Crippen LogP contribution in [0.25, 0.3) is 0 Å². The van der Waals surface area contributed by atoms with Gasteiger partial charge >= 0.3 is 0 Å². The van der Waals surface area contributed by atoms with E-state index in [0.717, 1.165) is 31.4 Å². The Hall–Kier alpha value is -0.450. The van der Waals surface area contributed by atoms with Gasteiger partial charge in [-0.3, -0.25) is 0 Å². The van der Waals surface area contributed by atoms with Crippen molar-refractivity contribution in [1.29, 1.82) is 0 Å². The first-order valence-corrected chi connectivity index (χ1v) is 8.13. The zero-order valence-corrected chi connectivity index (χ0v) is 13.8. The van der Waals surface area contributed by atoms with Gasteiger partial charge in [-0.1, -0.05) is 31.9 Å². The van der Waals surface area contributed by atoms with E-state index >= 15 is 0 Å². The average molecular weight is 344 g/mol. The van der Waals surface area contributed by atoms with E-state index in [-0.39, 0.29) is 17.5 Å². The van der Waals surface area contributed by atoms with Crippen LogP contribution in [-0.2, 0) is 11.2 Å². The summed E-state index contributed by atoms with van der Waals surface area (Å²) in [5.74, 6) is -0.198. The Kier molecular flexibility index (Phi) is 5.58. The molecule has 2 nitrogen and oxygen atoms in total. The van der Waals surface area contributed by atoms with Crippen molar-refractivity contribution in [3.05, 3.63) is 34.1 Å². The molecule has 0 saturated heterocycles. The fraction of sp³-hybridized carbons (Fsp3) is 0.625. The van der Waals surface area contributed by atoms with Gasteiger partial charge in [-0.2, -0.15) is 0 Å². The van der Waals surface area contributed by atoms with Gasteiger partial charge in [-0.05, 0) is 53.4 Å². The summed E-state index contributed by atoms with van der Waals surface area (Å²) in [5.41, 5.74) is 0.890. The third kappa shape index (κ3) is 3.23. The molecular weight excluding hydrogens is 321 g/mol. The smallest absolute Gasteiger partial charge is 0.137 e. The molecule has 4 heteroatoms. The lowest BCUT2D eigenvalue weighted by Gasteiger charge is -2.37. The number of halogens is 2. The summed E-state index contributed by atoms with van der Waals surface area (Å²) in [7, 11) is 1.80. The molecule has 112 valence electrons. The van der Waals surface area contributed by atoms with Gasteiger partial charge in [0.25, 0.3) is 0 Å². The van der Waals surface area contributed by atoms with Crippen molar-refractivity contribution in [2.75, 3.05) is 13.7 Å². The van der Waals surface area contributed by atoms with E-state index < -0.39 is 0 Å². The lowest BCUT2D eigenvalue weighted by Crippen LogP contribution is -2.51. The molecule has 0 aromatic heterocycles. The summed E-state index contributed by atoms with van der Waals surface area (Å²) in [5, 5.41) is 3.54. The first-order chi connectivity index (χ1) is 9.63. The van der Waals surface area contributed by atoms with Gasteiger partial charge in [0.05, 0.1) is 10.1 Å². The van der Waals surface area contributed by atoms with Crippen molar-refractivity contribution in [1.82, 2.24) is 5.32 Å². The van der Waals surface area contributed by atoms with Crippen LogP contribution in [0.2, 0.25) is 0 Å². The van der Waals surface area contributed by atoms with E-state index in [1.54, 1.807) is 13.2 Å². The van der Waals surface area contributed by atoms with Gasteiger partial charge in [0.2, 0.25) is 0 Å². The van der Waals surface area contributed by atoms with Crippen molar-refractivity contribution in [2.24, 2.45) is 0 Å². The highest BCUT2D eigenvalue weighted by atomic mass is 79.9. The fourth-order valence-corrected chi connectivity index (χ4v) is 3.71. The quantitative estimate of drug-likeness (QED) is 0.840. The number of nitrogens with one attached hydrogen (secondary N) is 1. The maximum absolute atomic E-state index is 13.7. The molecule has 1 aliphatic rings. The first-order valence-electron chi connectivity index (χ1n) is 7.34. The number of hydrogen-bond donors (Lipinski definition) is 1. The van der Waals surface area contributed by atoms with Crippen LogP contribution in [0.4, 0.5) is 4.39 Å². The van der Waals surface area contributed by atoms with Crippen LogP contribution in [0.1, 0.15) is 38.2 Å². The Labute approximate surface area is 129 Å². The lowest BCUT2D eigenvalue weighted by atomic mass is 9.87. The molecule has 0 bridgehead atoms. The minimum absolute atomic E-state index is 0.109. The molecule has 0 heterocycles.